The molecule has 0 aliphatic heterocycles. The topological polar surface area (TPSA) is 279 Å². The molecule has 1 heterocycles. The van der Waals surface area contributed by atoms with Gasteiger partial charge in [-0.05, 0) is 35.9 Å². The van der Waals surface area contributed by atoms with E-state index in [0.717, 1.165) is 21.9 Å². The number of esters is 2. The van der Waals surface area contributed by atoms with Crippen molar-refractivity contribution in [2.75, 3.05) is 0 Å². The fraction of sp³-hybridized carbons (Fsp3) is 0.0189. The third-order valence-corrected chi connectivity index (χ3v) is 6.55. The third kappa shape index (κ3) is 40.5. The van der Waals surface area contributed by atoms with Crippen LogP contribution in [0.5, 0.6) is 5.75 Å². The maximum absolute atomic E-state index is 12.7. The average molecular weight is 1100 g/mol. The molecule has 1 aromatic heterocycles. The van der Waals surface area contributed by atoms with Crippen LogP contribution in [0.15, 0.2) is 185 Å². The van der Waals surface area contributed by atoms with Gasteiger partial charge in [0.1, 0.15) is 5.76 Å². The van der Waals surface area contributed by atoms with Gasteiger partial charge in [0.05, 0.1) is 17.4 Å². The Hall–Kier alpha value is -7.38. The van der Waals surface area contributed by atoms with Gasteiger partial charge in [-0.3, -0.25) is 9.59 Å². The van der Waals surface area contributed by atoms with E-state index in [4.69, 9.17) is 51.0 Å². The zero-order chi connectivity index (χ0) is 52.1. The molecule has 0 aliphatic carbocycles. The Morgan fingerprint density at radius 3 is 1.25 bits per heavy atom. The van der Waals surface area contributed by atoms with Gasteiger partial charge in [0.25, 0.3) is 0 Å². The van der Waals surface area contributed by atoms with Crippen molar-refractivity contribution in [2.24, 2.45) is 0 Å². The van der Waals surface area contributed by atoms with Crippen LogP contribution < -0.4 is 15.8 Å². The summed E-state index contributed by atoms with van der Waals surface area (Å²) in [5, 5.41) is 1.85. The molecule has 72 heavy (non-hydrogen) atoms. The van der Waals surface area contributed by atoms with E-state index >= 15 is 0 Å². The number of hydrogen-bond acceptors (Lipinski definition) is 7. The van der Waals surface area contributed by atoms with Gasteiger partial charge in [-0.15, -0.1) is 0 Å². The van der Waals surface area contributed by atoms with E-state index in [1.807, 2.05) is 91.0 Å². The van der Waals surface area contributed by atoms with Crippen molar-refractivity contribution in [2.45, 2.75) is 6.92 Å². The van der Waals surface area contributed by atoms with Gasteiger partial charge in [0, 0.05) is 74.5 Å². The largest absolute Gasteiger partial charge is 0.358 e. The van der Waals surface area contributed by atoms with Crippen molar-refractivity contribution in [1.29, 1.82) is 0 Å². The van der Waals surface area contributed by atoms with Crippen LogP contribution >= 0.6 is 0 Å². The minimum atomic E-state index is -0.488. The number of carbonyl (C=O) groups excluding carboxylic acids is 2. The number of allylic oxidation sites excluding steroid dienone is 2. The summed E-state index contributed by atoms with van der Waals surface area (Å²) in [7, 11) is 0. The Morgan fingerprint density at radius 1 is 0.500 bits per heavy atom. The number of hydrogen-bond donors (Lipinski definition) is 0. The van der Waals surface area contributed by atoms with E-state index in [1.165, 1.54) is 31.4 Å². The summed E-state index contributed by atoms with van der Waals surface area (Å²) in [6.45, 7) is 45.2. The molecule has 0 radical (unpaired) electrons. The molecule has 0 atom stereocenters. The van der Waals surface area contributed by atoms with E-state index in [2.05, 4.69) is 71.2 Å². The number of fused-ring (bicyclic) bond motifs is 1. The smallest absolute Gasteiger partial charge is 0 e. The van der Waals surface area contributed by atoms with Gasteiger partial charge in [0.2, 0.25) is 5.43 Å². The zero-order valence-electron chi connectivity index (χ0n) is 38.4. The molecule has 0 aliphatic rings. The molecule has 0 N–H and O–H groups in total. The monoisotopic (exact) mass is 1100 g/mol. The van der Waals surface area contributed by atoms with Crippen molar-refractivity contribution in [3.05, 3.63) is 279 Å². The van der Waals surface area contributed by atoms with Crippen LogP contribution in [-0.4, -0.2) is 11.9 Å². The van der Waals surface area contributed by atoms with Crippen molar-refractivity contribution >= 4 is 22.7 Å². The number of ether oxygens (including phenoxy) is 2. The minimum Gasteiger partial charge on any atom is -0.358 e. The van der Waals surface area contributed by atoms with Gasteiger partial charge in [0.15, 0.2) is 5.75 Å². The zero-order valence-corrected chi connectivity index (χ0v) is 41.7. The second kappa shape index (κ2) is 72.6. The van der Waals surface area contributed by atoms with Gasteiger partial charge in [-0.25, -0.2) is 9.59 Å². The van der Waals surface area contributed by atoms with Crippen LogP contribution in [0.3, 0.4) is 0 Å². The van der Waals surface area contributed by atoms with Crippen LogP contribution in [0, 0.1) is 82.1 Å². The summed E-state index contributed by atoms with van der Waals surface area (Å²) in [4.78, 5) is 45.5. The quantitative estimate of drug-likeness (QED) is 0.0388. The van der Waals surface area contributed by atoms with Crippen LogP contribution in [0.1, 0.15) is 17.3 Å². The fourth-order valence-corrected chi connectivity index (χ4v) is 4.44. The van der Waals surface area contributed by atoms with E-state index in [1.54, 1.807) is 48.5 Å². The van der Waals surface area contributed by atoms with Crippen LogP contribution in [0.2, 0.25) is 0 Å². The van der Waals surface area contributed by atoms with Gasteiger partial charge >= 0.3 is 119 Å². The van der Waals surface area contributed by atoms with E-state index in [-0.39, 0.29) is 96.3 Å². The summed E-state index contributed by atoms with van der Waals surface area (Å²) in [6.07, 6.45) is 4.40. The standard InChI is InChI=1S/C21H14O2.C11H10O2.C9H8O3.9CO.3CH3.3Fe/c22-21-19(15-9-3-1-4-10-15)17-13-7-8-14-18(17)20(23-21)16-11-5-2-6-12-16;1-2-3-9-13-11(12)10-7-5-4-6-8-10;1-7(10)12-9-6-4-2-3-5-8(9)11;9*1-2;;;;;;/h1-14H;2-9H,1H2;2-6H,1H3;;;;;;;;;;3*1H3;;;/q;;;;;;;;;;;;3*-1;;;/b;9-3-;;;;;;;;;;;;;;;;. The fourth-order valence-electron chi connectivity index (χ4n) is 4.44. The van der Waals surface area contributed by atoms with E-state index in [0.29, 0.717) is 16.9 Å². The normalized spacial score (nSPS) is 6.99. The molecule has 0 bridgehead atoms. The Morgan fingerprint density at radius 2 is 0.847 bits per heavy atom. The molecule has 0 saturated carbocycles. The first-order chi connectivity index (χ1) is 32.4. The SMILES string of the molecule is C=C/C=C\OC(=O)c1ccccc1.CC(=O)Oc1cccccc1=O.O=c1oc(-c2ccccc2)c2ccccc2c1-c1ccccc1.[C-]#[O+].[C-]#[O+].[C-]#[O+].[C-]#[O+].[C-]#[O+].[C-]#[O+].[C-]#[O+].[C-]#[O+].[C-]#[O+].[CH3-].[CH3-].[CH3-].[Fe].[Fe].[Fe]. The Kier molecular flexibility index (Phi) is 95.2. The molecule has 0 spiro atoms. The van der Waals surface area contributed by atoms with E-state index in [9.17, 15) is 19.2 Å². The molecule has 5 aromatic carbocycles. The van der Waals surface area contributed by atoms with Crippen LogP contribution in [0.25, 0.3) is 33.2 Å². The summed E-state index contributed by atoms with van der Waals surface area (Å²) < 4.78 is 82.6. The number of carbonyl (C=O) groups is 2. The summed E-state index contributed by atoms with van der Waals surface area (Å²) in [6, 6.07) is 43.8. The molecule has 0 saturated heterocycles. The second-order valence-corrected chi connectivity index (χ2v) is 9.94. The number of rotatable bonds is 6. The third-order valence-electron chi connectivity index (χ3n) is 6.55. The maximum Gasteiger partial charge on any atom is 0 e. The summed E-state index contributed by atoms with van der Waals surface area (Å²) >= 11 is 0. The molecule has 19 heteroatoms. The molecule has 0 amide bonds. The molecular weight excluding hydrogens is 1060 g/mol. The molecule has 0 unspecified atom stereocenters. The van der Waals surface area contributed by atoms with Crippen LogP contribution in [-0.2, 0) is 103 Å². The predicted octanol–water partition coefficient (Wildman–Crippen LogP) is 9.65. The summed E-state index contributed by atoms with van der Waals surface area (Å²) in [5.41, 5.74) is 2.32. The average Bonchev–Trinajstić information content (AvgIpc) is 3.62. The van der Waals surface area contributed by atoms with E-state index < -0.39 is 5.97 Å². The Labute approximate surface area is 450 Å². The maximum atomic E-state index is 12.7. The summed E-state index contributed by atoms with van der Waals surface area (Å²) in [5.74, 6) is -0.171. The van der Waals surface area contributed by atoms with Gasteiger partial charge in [-0.2, -0.15) is 0 Å². The predicted molar refractivity (Wildman–Crippen MR) is 243 cm³/mol. The Bertz CT molecular complexity index is 2510. The van der Waals surface area contributed by atoms with Crippen molar-refractivity contribution in [3.63, 3.8) is 0 Å². The first kappa shape index (κ1) is 94.5. The molecule has 16 nitrogen and oxygen atoms in total. The first-order valence-electron chi connectivity index (χ1n) is 16.7. The molecular formula is C53H41Fe3O16-3. The number of benzene rings is 4. The van der Waals surface area contributed by atoms with Gasteiger partial charge < -0.3 is 36.2 Å². The molecule has 6 rings (SSSR count). The molecule has 0 fully saturated rings. The van der Waals surface area contributed by atoms with Gasteiger partial charge in [-0.1, -0.05) is 134 Å². The molecule has 6 aromatic rings. The minimum absolute atomic E-state index is 0. The van der Waals surface area contributed by atoms with Crippen LogP contribution in [0.4, 0.5) is 0 Å². The van der Waals surface area contributed by atoms with Crippen molar-refractivity contribution in [1.82, 2.24) is 0 Å². The Balaban J connectivity index is -0.0000000648. The second-order valence-electron chi connectivity index (χ2n) is 9.94. The molecule has 376 valence electrons. The van der Waals surface area contributed by atoms with Crippen molar-refractivity contribution in [3.8, 4) is 28.2 Å². The van der Waals surface area contributed by atoms with Crippen molar-refractivity contribution < 1.29 is 117 Å². The first-order valence-corrected chi connectivity index (χ1v) is 16.7.